The number of hydrogen-bond acceptors (Lipinski definition) is 3. The topological polar surface area (TPSA) is 38.3 Å². The van der Waals surface area contributed by atoms with Crippen molar-refractivity contribution in [3.8, 4) is 0 Å². The van der Waals surface area contributed by atoms with E-state index in [1.54, 1.807) is 0 Å². The molecule has 94 valence electrons. The maximum atomic E-state index is 11.7. The summed E-state index contributed by atoms with van der Waals surface area (Å²) in [7, 11) is 0. The first-order valence-electron chi connectivity index (χ1n) is 6.31. The molecule has 0 aromatic heterocycles. The van der Waals surface area contributed by atoms with Crippen molar-refractivity contribution >= 4 is 5.97 Å². The Morgan fingerprint density at radius 3 is 2.69 bits per heavy atom. The van der Waals surface area contributed by atoms with Crippen LogP contribution in [0, 0.1) is 11.8 Å². The van der Waals surface area contributed by atoms with E-state index in [2.05, 4.69) is 12.2 Å². The molecule has 3 nitrogen and oxygen atoms in total. The van der Waals surface area contributed by atoms with Gasteiger partial charge in [-0.25, -0.2) is 0 Å². The van der Waals surface area contributed by atoms with Crippen molar-refractivity contribution in [2.24, 2.45) is 11.8 Å². The number of carbonyl (C=O) groups excluding carboxylic acids is 1. The van der Waals surface area contributed by atoms with Crippen LogP contribution in [0.4, 0.5) is 0 Å². The Hall–Kier alpha value is -0.570. The van der Waals surface area contributed by atoms with Gasteiger partial charge in [0.1, 0.15) is 5.60 Å². The summed E-state index contributed by atoms with van der Waals surface area (Å²) in [6, 6.07) is 0. The summed E-state index contributed by atoms with van der Waals surface area (Å²) in [5.41, 5.74) is -0.360. The number of piperidine rings is 1. The van der Waals surface area contributed by atoms with Gasteiger partial charge in [0.05, 0.1) is 0 Å². The fourth-order valence-corrected chi connectivity index (χ4v) is 2.18. The number of carbonyl (C=O) groups is 1. The number of rotatable bonds is 3. The number of nitrogens with one attached hydrogen (secondary N) is 1. The molecule has 0 aliphatic carbocycles. The average molecular weight is 227 g/mol. The van der Waals surface area contributed by atoms with E-state index in [1.165, 1.54) is 12.8 Å². The van der Waals surface area contributed by atoms with Crippen LogP contribution in [-0.4, -0.2) is 24.7 Å². The molecule has 2 atom stereocenters. The highest BCUT2D eigenvalue weighted by molar-refractivity contribution is 5.70. The Labute approximate surface area is 98.9 Å². The lowest BCUT2D eigenvalue weighted by Crippen LogP contribution is -2.34. The standard InChI is InChI=1S/C13H25NO2/c1-10(11-6-5-7-14-9-11)8-12(15)16-13(2,3)4/h10-11,14H,5-9H2,1-4H3. The van der Waals surface area contributed by atoms with Gasteiger partial charge in [-0.1, -0.05) is 6.92 Å². The van der Waals surface area contributed by atoms with Crippen LogP contribution in [0.15, 0.2) is 0 Å². The van der Waals surface area contributed by atoms with E-state index < -0.39 is 0 Å². The summed E-state index contributed by atoms with van der Waals surface area (Å²) in [4.78, 5) is 11.7. The van der Waals surface area contributed by atoms with E-state index in [4.69, 9.17) is 4.74 Å². The molecule has 1 rings (SSSR count). The molecule has 0 aromatic rings. The van der Waals surface area contributed by atoms with Crippen LogP contribution >= 0.6 is 0 Å². The highest BCUT2D eigenvalue weighted by Gasteiger charge is 2.24. The highest BCUT2D eigenvalue weighted by atomic mass is 16.6. The molecule has 1 fully saturated rings. The van der Waals surface area contributed by atoms with E-state index >= 15 is 0 Å². The molecular formula is C13H25NO2. The Kier molecular flexibility index (Phi) is 4.78. The van der Waals surface area contributed by atoms with Gasteiger partial charge in [0, 0.05) is 6.42 Å². The van der Waals surface area contributed by atoms with Crippen molar-refractivity contribution in [3.63, 3.8) is 0 Å². The molecule has 16 heavy (non-hydrogen) atoms. The molecule has 0 amide bonds. The Morgan fingerprint density at radius 2 is 2.19 bits per heavy atom. The molecular weight excluding hydrogens is 202 g/mol. The van der Waals surface area contributed by atoms with Crippen molar-refractivity contribution in [1.29, 1.82) is 0 Å². The predicted molar refractivity (Wildman–Crippen MR) is 65.2 cm³/mol. The number of hydrogen-bond donors (Lipinski definition) is 1. The third-order valence-electron chi connectivity index (χ3n) is 3.05. The summed E-state index contributed by atoms with van der Waals surface area (Å²) < 4.78 is 5.34. The van der Waals surface area contributed by atoms with Gasteiger partial charge in [0.2, 0.25) is 0 Å². The maximum Gasteiger partial charge on any atom is 0.306 e. The fourth-order valence-electron chi connectivity index (χ4n) is 2.18. The van der Waals surface area contributed by atoms with Crippen LogP contribution in [0.2, 0.25) is 0 Å². The first-order valence-corrected chi connectivity index (χ1v) is 6.31. The molecule has 1 saturated heterocycles. The lowest BCUT2D eigenvalue weighted by molar-refractivity contribution is -0.156. The smallest absolute Gasteiger partial charge is 0.306 e. The lowest BCUT2D eigenvalue weighted by Gasteiger charge is -2.28. The summed E-state index contributed by atoms with van der Waals surface area (Å²) in [5.74, 6) is 0.981. The molecule has 1 aliphatic rings. The van der Waals surface area contributed by atoms with Crippen LogP contribution in [0.5, 0.6) is 0 Å². The van der Waals surface area contributed by atoms with Crippen LogP contribution in [-0.2, 0) is 9.53 Å². The minimum absolute atomic E-state index is 0.0643. The average Bonchev–Trinajstić information content (AvgIpc) is 2.16. The van der Waals surface area contributed by atoms with Crippen molar-refractivity contribution < 1.29 is 9.53 Å². The summed E-state index contributed by atoms with van der Waals surface area (Å²) in [5, 5.41) is 3.39. The molecule has 0 saturated carbocycles. The third-order valence-corrected chi connectivity index (χ3v) is 3.05. The second kappa shape index (κ2) is 5.67. The van der Waals surface area contributed by atoms with E-state index in [0.717, 1.165) is 13.1 Å². The zero-order valence-corrected chi connectivity index (χ0v) is 11.0. The van der Waals surface area contributed by atoms with Crippen molar-refractivity contribution in [3.05, 3.63) is 0 Å². The molecule has 1 heterocycles. The molecule has 1 N–H and O–H groups in total. The van der Waals surface area contributed by atoms with E-state index in [-0.39, 0.29) is 11.6 Å². The van der Waals surface area contributed by atoms with Crippen molar-refractivity contribution in [2.75, 3.05) is 13.1 Å². The largest absolute Gasteiger partial charge is 0.460 e. The van der Waals surface area contributed by atoms with E-state index in [9.17, 15) is 4.79 Å². The minimum atomic E-state index is -0.360. The molecule has 3 heteroatoms. The minimum Gasteiger partial charge on any atom is -0.460 e. The predicted octanol–water partition coefficient (Wildman–Crippen LogP) is 2.35. The molecule has 0 aromatic carbocycles. The lowest BCUT2D eigenvalue weighted by atomic mass is 9.85. The summed E-state index contributed by atoms with van der Waals surface area (Å²) in [6.45, 7) is 10.1. The Bertz CT molecular complexity index is 227. The van der Waals surface area contributed by atoms with Crippen LogP contribution in [0.3, 0.4) is 0 Å². The van der Waals surface area contributed by atoms with Crippen LogP contribution in [0.1, 0.15) is 47.0 Å². The summed E-state index contributed by atoms with van der Waals surface area (Å²) >= 11 is 0. The fraction of sp³-hybridized carbons (Fsp3) is 0.923. The first-order chi connectivity index (χ1) is 7.38. The van der Waals surface area contributed by atoms with Crippen LogP contribution < -0.4 is 5.32 Å². The molecule has 2 unspecified atom stereocenters. The SMILES string of the molecule is CC(CC(=O)OC(C)(C)C)C1CCCNC1. The van der Waals surface area contributed by atoms with Gasteiger partial charge in [-0.2, -0.15) is 0 Å². The Morgan fingerprint density at radius 1 is 1.50 bits per heavy atom. The summed E-state index contributed by atoms with van der Waals surface area (Å²) in [6.07, 6.45) is 3.00. The second-order valence-corrected chi connectivity index (χ2v) is 5.87. The third kappa shape index (κ3) is 4.97. The van der Waals surface area contributed by atoms with E-state index in [1.807, 2.05) is 20.8 Å². The maximum absolute atomic E-state index is 11.7. The normalized spacial score (nSPS) is 23.9. The van der Waals surface area contributed by atoms with Gasteiger partial charge < -0.3 is 10.1 Å². The van der Waals surface area contributed by atoms with E-state index in [0.29, 0.717) is 18.3 Å². The quantitative estimate of drug-likeness (QED) is 0.752. The Balaban J connectivity index is 2.32. The molecule has 0 bridgehead atoms. The second-order valence-electron chi connectivity index (χ2n) is 5.87. The molecule has 0 spiro atoms. The number of ether oxygens (including phenoxy) is 1. The van der Waals surface area contributed by atoms with Gasteiger partial charge in [0.25, 0.3) is 0 Å². The molecule has 0 radical (unpaired) electrons. The molecule has 1 aliphatic heterocycles. The van der Waals surface area contributed by atoms with Crippen LogP contribution in [0.25, 0.3) is 0 Å². The zero-order chi connectivity index (χ0) is 12.2. The van der Waals surface area contributed by atoms with Gasteiger partial charge in [-0.3, -0.25) is 4.79 Å². The van der Waals surface area contributed by atoms with Gasteiger partial charge in [-0.15, -0.1) is 0 Å². The van der Waals surface area contributed by atoms with Crippen molar-refractivity contribution in [2.45, 2.75) is 52.6 Å². The van der Waals surface area contributed by atoms with Gasteiger partial charge >= 0.3 is 5.97 Å². The van der Waals surface area contributed by atoms with Gasteiger partial charge in [0.15, 0.2) is 0 Å². The first kappa shape index (κ1) is 13.5. The zero-order valence-electron chi connectivity index (χ0n) is 11.0. The highest BCUT2D eigenvalue weighted by Crippen LogP contribution is 2.23. The number of esters is 1. The van der Waals surface area contributed by atoms with Gasteiger partial charge in [-0.05, 0) is 58.5 Å². The van der Waals surface area contributed by atoms with Crippen molar-refractivity contribution in [1.82, 2.24) is 5.32 Å². The monoisotopic (exact) mass is 227 g/mol.